The van der Waals surface area contributed by atoms with E-state index in [1.54, 1.807) is 4.68 Å². The molecule has 2 aliphatic carbocycles. The second-order valence-electron chi connectivity index (χ2n) is 9.07. The van der Waals surface area contributed by atoms with Crippen LogP contribution in [0.2, 0.25) is 0 Å². The Morgan fingerprint density at radius 1 is 1.13 bits per heavy atom. The molecule has 3 aliphatic rings. The fourth-order valence-electron chi connectivity index (χ4n) is 4.90. The molecule has 2 aromatic heterocycles. The Labute approximate surface area is 180 Å². The summed E-state index contributed by atoms with van der Waals surface area (Å²) in [4.78, 5) is 18.1. The summed E-state index contributed by atoms with van der Waals surface area (Å²) in [5, 5.41) is 8.36. The van der Waals surface area contributed by atoms with E-state index in [1.807, 2.05) is 38.2 Å². The Balaban J connectivity index is 1.31. The maximum atomic E-state index is 13.3. The zero-order chi connectivity index (χ0) is 21.2. The van der Waals surface area contributed by atoms with Gasteiger partial charge in [-0.1, -0.05) is 6.42 Å². The van der Waals surface area contributed by atoms with Gasteiger partial charge in [0.1, 0.15) is 0 Å². The second kappa shape index (κ2) is 6.70. The van der Waals surface area contributed by atoms with Crippen LogP contribution in [0.25, 0.3) is 11.0 Å². The second-order valence-corrected chi connectivity index (χ2v) is 9.07. The molecule has 160 valence electrons. The number of rotatable bonds is 3. The molecule has 1 aliphatic heterocycles. The van der Waals surface area contributed by atoms with Crippen molar-refractivity contribution in [2.24, 2.45) is 7.05 Å². The zero-order valence-electron chi connectivity index (χ0n) is 17.9. The van der Waals surface area contributed by atoms with Gasteiger partial charge in [-0.15, -0.1) is 0 Å². The van der Waals surface area contributed by atoms with Crippen molar-refractivity contribution < 1.29 is 14.3 Å². The first-order valence-corrected chi connectivity index (χ1v) is 11.2. The summed E-state index contributed by atoms with van der Waals surface area (Å²) >= 11 is 0. The monoisotopic (exact) mass is 418 g/mol. The highest BCUT2D eigenvalue weighted by atomic mass is 16.7. The number of hydrogen-bond acceptors (Lipinski definition) is 5. The van der Waals surface area contributed by atoms with Gasteiger partial charge >= 0.3 is 0 Å². The number of benzene rings is 1. The van der Waals surface area contributed by atoms with Gasteiger partial charge in [-0.2, -0.15) is 5.10 Å². The van der Waals surface area contributed by atoms with Crippen molar-refractivity contribution in [3.05, 3.63) is 41.2 Å². The highest BCUT2D eigenvalue weighted by Gasteiger charge is 2.42. The minimum Gasteiger partial charge on any atom is -0.448 e. The topological polar surface area (TPSA) is 78.3 Å². The molecular formula is C24H26N4O3. The molecule has 1 amide bonds. The molecule has 0 unspecified atom stereocenters. The van der Waals surface area contributed by atoms with Crippen LogP contribution in [0.15, 0.2) is 24.3 Å². The zero-order valence-corrected chi connectivity index (χ0v) is 17.9. The summed E-state index contributed by atoms with van der Waals surface area (Å²) in [5.41, 5.74) is 3.86. The number of pyridine rings is 1. The van der Waals surface area contributed by atoms with Gasteiger partial charge in [0.15, 0.2) is 17.1 Å². The van der Waals surface area contributed by atoms with Gasteiger partial charge in [-0.25, -0.2) is 4.98 Å². The van der Waals surface area contributed by atoms with Crippen LogP contribution in [-0.4, -0.2) is 26.5 Å². The lowest BCUT2D eigenvalue weighted by atomic mass is 9.94. The standard InChI is InChI=1S/C24H26N4O3/c1-14-21-17(13-18(15-6-7-15)26-22(21)28(2)27-14)23(29)25-16-8-9-19-20(12-16)31-24(30-19)10-4-3-5-11-24/h8-9,12-13,15H,3-7,10-11H2,1-2H3,(H,25,29). The van der Waals surface area contributed by atoms with Crippen molar-refractivity contribution in [1.82, 2.24) is 14.8 Å². The van der Waals surface area contributed by atoms with Crippen molar-refractivity contribution in [1.29, 1.82) is 0 Å². The predicted octanol–water partition coefficient (Wildman–Crippen LogP) is 4.84. The molecule has 31 heavy (non-hydrogen) atoms. The number of aryl methyl sites for hydroxylation is 2. The molecule has 3 heterocycles. The van der Waals surface area contributed by atoms with E-state index in [1.165, 1.54) is 6.42 Å². The minimum absolute atomic E-state index is 0.156. The number of amides is 1. The van der Waals surface area contributed by atoms with E-state index < -0.39 is 5.79 Å². The van der Waals surface area contributed by atoms with E-state index in [-0.39, 0.29) is 5.91 Å². The Morgan fingerprint density at radius 3 is 2.68 bits per heavy atom. The lowest BCUT2D eigenvalue weighted by Crippen LogP contribution is -2.40. The Hall–Kier alpha value is -3.09. The average Bonchev–Trinajstić information content (AvgIpc) is 3.49. The number of carbonyl (C=O) groups is 1. The number of nitrogens with one attached hydrogen (secondary N) is 1. The Bertz CT molecular complexity index is 1210. The SMILES string of the molecule is Cc1nn(C)c2nc(C3CC3)cc(C(=O)Nc3ccc4c(c3)OC3(CCCCC3)O4)c12. The van der Waals surface area contributed by atoms with E-state index in [0.717, 1.165) is 66.7 Å². The van der Waals surface area contributed by atoms with Crippen molar-refractivity contribution in [3.8, 4) is 11.5 Å². The molecular weight excluding hydrogens is 392 g/mol. The number of carbonyl (C=O) groups excluding carboxylic acids is 1. The van der Waals surface area contributed by atoms with Crippen LogP contribution >= 0.6 is 0 Å². The molecule has 7 heteroatoms. The summed E-state index contributed by atoms with van der Waals surface area (Å²) < 4.78 is 14.1. The fraction of sp³-hybridized carbons (Fsp3) is 0.458. The highest BCUT2D eigenvalue weighted by molar-refractivity contribution is 6.12. The van der Waals surface area contributed by atoms with E-state index >= 15 is 0 Å². The molecule has 3 aromatic rings. The lowest BCUT2D eigenvalue weighted by Gasteiger charge is -2.31. The summed E-state index contributed by atoms with van der Waals surface area (Å²) in [7, 11) is 1.87. The number of fused-ring (bicyclic) bond motifs is 2. The van der Waals surface area contributed by atoms with E-state index in [9.17, 15) is 4.79 Å². The Kier molecular flexibility index (Phi) is 4.04. The van der Waals surface area contributed by atoms with E-state index in [0.29, 0.717) is 22.9 Å². The molecule has 2 fully saturated rings. The molecule has 2 saturated carbocycles. The third-order valence-corrected chi connectivity index (χ3v) is 6.64. The third kappa shape index (κ3) is 3.14. The van der Waals surface area contributed by atoms with Crippen molar-refractivity contribution in [2.45, 2.75) is 63.6 Å². The quantitative estimate of drug-likeness (QED) is 0.659. The molecule has 0 atom stereocenters. The Morgan fingerprint density at radius 2 is 1.90 bits per heavy atom. The summed E-state index contributed by atoms with van der Waals surface area (Å²) in [5.74, 6) is 1.23. The van der Waals surface area contributed by atoms with Crippen molar-refractivity contribution >= 4 is 22.6 Å². The fourth-order valence-corrected chi connectivity index (χ4v) is 4.90. The predicted molar refractivity (Wildman–Crippen MR) is 117 cm³/mol. The first-order chi connectivity index (χ1) is 15.0. The average molecular weight is 418 g/mol. The van der Waals surface area contributed by atoms with Gasteiger partial charge in [-0.3, -0.25) is 9.48 Å². The maximum absolute atomic E-state index is 13.3. The molecule has 6 rings (SSSR count). The smallest absolute Gasteiger partial charge is 0.256 e. The van der Waals surface area contributed by atoms with Crippen LogP contribution in [0.1, 0.15) is 72.6 Å². The largest absolute Gasteiger partial charge is 0.448 e. The van der Waals surface area contributed by atoms with E-state index in [4.69, 9.17) is 14.5 Å². The van der Waals surface area contributed by atoms with Crippen LogP contribution in [0, 0.1) is 6.92 Å². The van der Waals surface area contributed by atoms with Gasteiger partial charge in [0.25, 0.3) is 11.7 Å². The number of aromatic nitrogens is 3. The molecule has 1 N–H and O–H groups in total. The van der Waals surface area contributed by atoms with Gasteiger partial charge in [-0.05, 0) is 50.8 Å². The van der Waals surface area contributed by atoms with Crippen LogP contribution in [0.5, 0.6) is 11.5 Å². The molecule has 1 aromatic carbocycles. The normalized spacial score (nSPS) is 19.2. The number of anilines is 1. The molecule has 1 spiro atoms. The lowest BCUT2D eigenvalue weighted by molar-refractivity contribution is -0.105. The van der Waals surface area contributed by atoms with E-state index in [2.05, 4.69) is 10.4 Å². The highest BCUT2D eigenvalue weighted by Crippen LogP contribution is 2.46. The number of ether oxygens (including phenoxy) is 2. The molecule has 7 nitrogen and oxygen atoms in total. The van der Waals surface area contributed by atoms with Crippen LogP contribution in [-0.2, 0) is 7.05 Å². The van der Waals surface area contributed by atoms with Gasteiger partial charge in [0.05, 0.1) is 16.6 Å². The van der Waals surface area contributed by atoms with Gasteiger partial charge in [0.2, 0.25) is 0 Å². The third-order valence-electron chi connectivity index (χ3n) is 6.64. The molecule has 0 radical (unpaired) electrons. The summed E-state index contributed by atoms with van der Waals surface area (Å²) in [6.45, 7) is 1.92. The van der Waals surface area contributed by atoms with Gasteiger partial charge in [0, 0.05) is 43.3 Å². The van der Waals surface area contributed by atoms with Crippen molar-refractivity contribution in [3.63, 3.8) is 0 Å². The minimum atomic E-state index is -0.521. The van der Waals surface area contributed by atoms with Crippen molar-refractivity contribution in [2.75, 3.05) is 5.32 Å². The maximum Gasteiger partial charge on any atom is 0.256 e. The molecule has 0 bridgehead atoms. The van der Waals surface area contributed by atoms with Crippen LogP contribution < -0.4 is 14.8 Å². The first kappa shape index (κ1) is 18.7. The summed E-state index contributed by atoms with van der Waals surface area (Å²) in [6.07, 6.45) is 7.52. The summed E-state index contributed by atoms with van der Waals surface area (Å²) in [6, 6.07) is 7.57. The van der Waals surface area contributed by atoms with Gasteiger partial charge < -0.3 is 14.8 Å². The first-order valence-electron chi connectivity index (χ1n) is 11.2. The molecule has 0 saturated heterocycles. The number of nitrogens with zero attached hydrogens (tertiary/aromatic N) is 3. The van der Waals surface area contributed by atoms with Crippen LogP contribution in [0.4, 0.5) is 5.69 Å². The number of hydrogen-bond donors (Lipinski definition) is 1. The van der Waals surface area contributed by atoms with Crippen LogP contribution in [0.3, 0.4) is 0 Å².